The average Bonchev–Trinajstić information content (AvgIpc) is 3.79. The molecule has 52 heavy (non-hydrogen) atoms. The van der Waals surface area contributed by atoms with E-state index >= 15 is 0 Å². The summed E-state index contributed by atoms with van der Waals surface area (Å²) < 4.78 is 0. The Bertz CT molecular complexity index is 1310. The topological polar surface area (TPSA) is 131 Å². The molecular weight excluding hydrogens is 660 g/mol. The van der Waals surface area contributed by atoms with Gasteiger partial charge < -0.3 is 15.3 Å². The Morgan fingerprint density at radius 1 is 0.577 bits per heavy atom. The molecular formula is C40H70N6O6. The molecule has 0 spiro atoms. The maximum absolute atomic E-state index is 13.5. The quantitative estimate of drug-likeness (QED) is 0.302. The zero-order valence-electron chi connectivity index (χ0n) is 33.5. The summed E-state index contributed by atoms with van der Waals surface area (Å²) in [6, 6.07) is -0.405. The van der Waals surface area contributed by atoms with Crippen molar-refractivity contribution < 1.29 is 29.7 Å². The van der Waals surface area contributed by atoms with Gasteiger partial charge in [0.2, 0.25) is 0 Å². The third kappa shape index (κ3) is 8.08. The number of carboxylic acid groups (broad SMARTS) is 3. The van der Waals surface area contributed by atoms with Crippen molar-refractivity contribution in [3.05, 3.63) is 0 Å². The molecule has 0 aromatic rings. The highest BCUT2D eigenvalue weighted by Gasteiger charge is 2.53. The Hall–Kier alpha value is -1.83. The number of likely N-dealkylation sites (tertiary alicyclic amines) is 6. The Morgan fingerprint density at radius 3 is 1.71 bits per heavy atom. The first-order valence-electron chi connectivity index (χ1n) is 20.5. The summed E-state index contributed by atoms with van der Waals surface area (Å²) in [6.07, 6.45) is 7.78. The van der Waals surface area contributed by atoms with Gasteiger partial charge in [-0.25, -0.2) is 0 Å². The van der Waals surface area contributed by atoms with Crippen molar-refractivity contribution in [3.8, 4) is 0 Å². The normalized spacial score (nSPS) is 36.0. The van der Waals surface area contributed by atoms with Gasteiger partial charge in [-0.3, -0.25) is 43.8 Å². The number of rotatable bonds is 10. The van der Waals surface area contributed by atoms with Gasteiger partial charge in [0.25, 0.3) is 0 Å². The Morgan fingerprint density at radius 2 is 1.17 bits per heavy atom. The van der Waals surface area contributed by atoms with Crippen molar-refractivity contribution in [1.82, 2.24) is 29.4 Å². The molecule has 0 aromatic heterocycles. The van der Waals surface area contributed by atoms with Gasteiger partial charge in [0, 0.05) is 86.6 Å². The molecule has 6 aliphatic rings. The summed E-state index contributed by atoms with van der Waals surface area (Å²) in [7, 11) is 0. The van der Waals surface area contributed by atoms with Gasteiger partial charge in [-0.1, -0.05) is 0 Å². The van der Waals surface area contributed by atoms with E-state index in [9.17, 15) is 29.7 Å². The second kappa shape index (κ2) is 15.0. The third-order valence-electron chi connectivity index (χ3n) is 14.4. The highest BCUT2D eigenvalue weighted by molar-refractivity contribution is 5.75. The molecule has 0 saturated carbocycles. The lowest BCUT2D eigenvalue weighted by atomic mass is 9.72. The minimum atomic E-state index is -0.709. The molecule has 6 aliphatic heterocycles. The molecule has 12 heteroatoms. The predicted octanol–water partition coefficient (Wildman–Crippen LogP) is 3.83. The van der Waals surface area contributed by atoms with E-state index in [2.05, 4.69) is 84.8 Å². The van der Waals surface area contributed by atoms with Crippen molar-refractivity contribution in [2.75, 3.05) is 52.4 Å². The minimum absolute atomic E-state index is 0.0226. The Kier molecular flexibility index (Phi) is 11.5. The van der Waals surface area contributed by atoms with E-state index in [1.165, 1.54) is 0 Å². The van der Waals surface area contributed by atoms with Crippen LogP contribution in [0.15, 0.2) is 0 Å². The van der Waals surface area contributed by atoms with Crippen molar-refractivity contribution >= 4 is 17.9 Å². The van der Waals surface area contributed by atoms with Crippen LogP contribution in [0.25, 0.3) is 0 Å². The molecule has 0 amide bonds. The van der Waals surface area contributed by atoms with Crippen molar-refractivity contribution in [3.63, 3.8) is 0 Å². The standard InChI is InChI=1S/C40H70N6O6/c1-38(2,3)42-18-13-29(24-42)45-23-27(33-21-30(25-46(33)39(4,5)6)43-15-9-10-31(43)35(47)48)20-26(34(45)37(51)52)22-40(7,8)41-16-11-28(12-17-41)44-19-14-32(44)36(49)50/h26-34H,9-25H2,1-8H3,(H,47,48)(H,49,50)(H,51,52). The zero-order valence-corrected chi connectivity index (χ0v) is 33.5. The largest absolute Gasteiger partial charge is 0.480 e. The van der Waals surface area contributed by atoms with Gasteiger partial charge in [0.05, 0.1) is 0 Å². The lowest BCUT2D eigenvalue weighted by Gasteiger charge is -2.53. The highest BCUT2D eigenvalue weighted by atomic mass is 16.4. The summed E-state index contributed by atoms with van der Waals surface area (Å²) in [5.41, 5.74) is -0.288. The smallest absolute Gasteiger partial charge is 0.321 e. The molecule has 8 unspecified atom stereocenters. The molecule has 0 bridgehead atoms. The highest BCUT2D eigenvalue weighted by Crippen LogP contribution is 2.45. The fourth-order valence-corrected chi connectivity index (χ4v) is 11.5. The number of aliphatic carboxylic acids is 3. The number of hydrogen-bond donors (Lipinski definition) is 3. The van der Waals surface area contributed by atoms with Crippen LogP contribution in [0.4, 0.5) is 0 Å². The summed E-state index contributed by atoms with van der Waals surface area (Å²) in [6.45, 7) is 25.1. The fourth-order valence-electron chi connectivity index (χ4n) is 11.5. The Labute approximate surface area is 312 Å². The van der Waals surface area contributed by atoms with E-state index in [4.69, 9.17) is 0 Å². The molecule has 6 heterocycles. The second-order valence-corrected chi connectivity index (χ2v) is 19.9. The van der Waals surface area contributed by atoms with E-state index in [0.29, 0.717) is 12.5 Å². The maximum Gasteiger partial charge on any atom is 0.321 e. The monoisotopic (exact) mass is 731 g/mol. The van der Waals surface area contributed by atoms with E-state index < -0.39 is 30.0 Å². The number of hydrogen-bond acceptors (Lipinski definition) is 9. The number of carboxylic acids is 3. The number of carbonyl (C=O) groups is 3. The van der Waals surface area contributed by atoms with Crippen molar-refractivity contribution in [2.24, 2.45) is 11.8 Å². The third-order valence-corrected chi connectivity index (χ3v) is 14.4. The van der Waals surface area contributed by atoms with Gasteiger partial charge in [0.15, 0.2) is 0 Å². The van der Waals surface area contributed by atoms with Crippen molar-refractivity contribution in [1.29, 1.82) is 0 Å². The van der Waals surface area contributed by atoms with Crippen LogP contribution >= 0.6 is 0 Å². The van der Waals surface area contributed by atoms with Crippen molar-refractivity contribution in [2.45, 2.75) is 172 Å². The van der Waals surface area contributed by atoms with E-state index in [1.54, 1.807) is 0 Å². The van der Waals surface area contributed by atoms with E-state index in [0.717, 1.165) is 104 Å². The first-order valence-corrected chi connectivity index (χ1v) is 20.5. The first-order chi connectivity index (χ1) is 24.3. The van der Waals surface area contributed by atoms with E-state index in [-0.39, 0.29) is 52.6 Å². The molecule has 12 nitrogen and oxygen atoms in total. The SMILES string of the molecule is CC(C)(C)N1CCC(N2CC(C3CC(N4CCCC4C(=O)O)CN3C(C)(C)C)CC(CC(C)(C)N3CCC(N4CCC4C(=O)O)CC3)C2C(=O)O)C1. The number of piperidine rings is 2. The Balaban J connectivity index is 1.25. The molecule has 296 valence electrons. The zero-order chi connectivity index (χ0) is 37.9. The van der Waals surface area contributed by atoms with Gasteiger partial charge >= 0.3 is 17.9 Å². The van der Waals surface area contributed by atoms with Gasteiger partial charge in [-0.15, -0.1) is 0 Å². The second-order valence-electron chi connectivity index (χ2n) is 19.9. The molecule has 6 saturated heterocycles. The van der Waals surface area contributed by atoms with Gasteiger partial charge in [-0.05, 0) is 132 Å². The molecule has 6 fully saturated rings. The minimum Gasteiger partial charge on any atom is -0.480 e. The van der Waals surface area contributed by atoms with Gasteiger partial charge in [0.1, 0.15) is 18.1 Å². The van der Waals surface area contributed by atoms with Gasteiger partial charge in [-0.2, -0.15) is 0 Å². The average molecular weight is 731 g/mol. The first kappa shape index (κ1) is 39.9. The summed E-state index contributed by atoms with van der Waals surface area (Å²) >= 11 is 0. The maximum atomic E-state index is 13.5. The number of nitrogens with zero attached hydrogens (tertiary/aromatic N) is 6. The summed E-state index contributed by atoms with van der Waals surface area (Å²) in [5, 5.41) is 30.8. The lowest BCUT2D eigenvalue weighted by Crippen LogP contribution is -2.63. The van der Waals surface area contributed by atoms with Crippen LogP contribution < -0.4 is 0 Å². The summed E-state index contributed by atoms with van der Waals surface area (Å²) in [4.78, 5) is 52.1. The molecule has 6 rings (SSSR count). The predicted molar refractivity (Wildman–Crippen MR) is 202 cm³/mol. The van der Waals surface area contributed by atoms with Crippen LogP contribution in [0, 0.1) is 11.8 Å². The lowest BCUT2D eigenvalue weighted by molar-refractivity contribution is -0.154. The van der Waals surface area contributed by atoms with E-state index in [1.807, 2.05) is 0 Å². The van der Waals surface area contributed by atoms with Crippen LogP contribution in [0.3, 0.4) is 0 Å². The fraction of sp³-hybridized carbons (Fsp3) is 0.925. The summed E-state index contributed by atoms with van der Waals surface area (Å²) in [5.74, 6) is -1.88. The molecule has 3 N–H and O–H groups in total. The molecule has 8 atom stereocenters. The van der Waals surface area contributed by atoms with Crippen LogP contribution in [0.2, 0.25) is 0 Å². The van der Waals surface area contributed by atoms with Crippen LogP contribution in [0.5, 0.6) is 0 Å². The molecule has 0 radical (unpaired) electrons. The van der Waals surface area contributed by atoms with Crippen LogP contribution in [-0.4, -0.2) is 174 Å². The molecule has 0 aliphatic carbocycles. The molecule has 0 aromatic carbocycles. The van der Waals surface area contributed by atoms with Crippen LogP contribution in [0.1, 0.15) is 113 Å². The van der Waals surface area contributed by atoms with Crippen LogP contribution in [-0.2, 0) is 14.4 Å².